The molecule has 0 amide bonds. The number of ether oxygens (including phenoxy) is 3. The first-order valence-electron chi connectivity index (χ1n) is 7.54. The van der Waals surface area contributed by atoms with Crippen LogP contribution in [0.15, 0.2) is 55.1 Å². The van der Waals surface area contributed by atoms with E-state index in [1.807, 2.05) is 6.07 Å². The van der Waals surface area contributed by atoms with Crippen LogP contribution in [0, 0.1) is 0 Å². The van der Waals surface area contributed by atoms with Crippen molar-refractivity contribution in [2.24, 2.45) is 0 Å². The van der Waals surface area contributed by atoms with Crippen LogP contribution in [0.4, 0.5) is 0 Å². The van der Waals surface area contributed by atoms with Gasteiger partial charge in [-0.25, -0.2) is 9.59 Å². The molecule has 0 aromatic heterocycles. The Hall–Kier alpha value is -2.93. The lowest BCUT2D eigenvalue weighted by molar-refractivity contribution is -0.142. The molecular formula is C18H20O7. The number of aliphatic hydroxyl groups is 1. The van der Waals surface area contributed by atoms with E-state index in [-0.39, 0.29) is 32.0 Å². The minimum atomic E-state index is -1.01. The molecule has 1 rings (SSSR count). The Labute approximate surface area is 145 Å². The molecule has 0 radical (unpaired) electrons. The molecule has 1 N–H and O–H groups in total. The van der Waals surface area contributed by atoms with Crippen molar-refractivity contribution in [1.29, 1.82) is 0 Å². The predicted molar refractivity (Wildman–Crippen MR) is 88.8 cm³/mol. The first-order valence-corrected chi connectivity index (χ1v) is 7.54. The van der Waals surface area contributed by atoms with Crippen LogP contribution in [0.3, 0.4) is 0 Å². The highest BCUT2D eigenvalue weighted by Crippen LogP contribution is 2.08. The summed E-state index contributed by atoms with van der Waals surface area (Å²) in [5.41, 5.74) is 0. The monoisotopic (exact) mass is 348 g/mol. The van der Waals surface area contributed by atoms with Crippen LogP contribution in [-0.4, -0.2) is 48.8 Å². The van der Waals surface area contributed by atoms with Gasteiger partial charge in [0, 0.05) is 18.6 Å². The van der Waals surface area contributed by atoms with Gasteiger partial charge in [0.25, 0.3) is 0 Å². The molecule has 7 heteroatoms. The number of para-hydroxylation sites is 1. The zero-order valence-corrected chi connectivity index (χ0v) is 13.6. The summed E-state index contributed by atoms with van der Waals surface area (Å²) < 4.78 is 14.8. The maximum Gasteiger partial charge on any atom is 0.331 e. The van der Waals surface area contributed by atoms with E-state index in [1.54, 1.807) is 24.3 Å². The van der Waals surface area contributed by atoms with E-state index in [0.29, 0.717) is 5.75 Å². The summed E-state index contributed by atoms with van der Waals surface area (Å²) in [4.78, 5) is 33.6. The van der Waals surface area contributed by atoms with Gasteiger partial charge in [0.15, 0.2) is 5.78 Å². The van der Waals surface area contributed by atoms with Crippen molar-refractivity contribution in [2.75, 3.05) is 19.8 Å². The van der Waals surface area contributed by atoms with Crippen LogP contribution in [0.2, 0.25) is 0 Å². The summed E-state index contributed by atoms with van der Waals surface area (Å²) in [6.45, 7) is 2.87. The summed E-state index contributed by atoms with van der Waals surface area (Å²) in [5, 5.41) is 9.67. The molecule has 0 saturated heterocycles. The van der Waals surface area contributed by atoms with E-state index in [9.17, 15) is 19.5 Å². The van der Waals surface area contributed by atoms with Gasteiger partial charge in [0.05, 0.1) is 6.61 Å². The zero-order chi connectivity index (χ0) is 18.5. The largest absolute Gasteiger partial charge is 0.491 e. The highest BCUT2D eigenvalue weighted by Gasteiger charge is 2.09. The quantitative estimate of drug-likeness (QED) is 0.474. The minimum Gasteiger partial charge on any atom is -0.491 e. The molecule has 0 saturated carbocycles. The summed E-state index contributed by atoms with van der Waals surface area (Å²) in [7, 11) is 0. The molecule has 1 aromatic rings. The fourth-order valence-corrected chi connectivity index (χ4v) is 1.52. The zero-order valence-electron chi connectivity index (χ0n) is 13.6. The summed E-state index contributed by atoms with van der Waals surface area (Å²) in [6, 6.07) is 8.88. The van der Waals surface area contributed by atoms with Gasteiger partial charge in [-0.05, 0) is 18.2 Å². The van der Waals surface area contributed by atoms with E-state index < -0.39 is 18.0 Å². The fraction of sp³-hybridized carbons (Fsp3) is 0.278. The molecule has 0 aliphatic rings. The van der Waals surface area contributed by atoms with Crippen LogP contribution in [0.1, 0.15) is 6.42 Å². The molecule has 0 heterocycles. The second-order valence-electron chi connectivity index (χ2n) is 4.83. The molecule has 25 heavy (non-hydrogen) atoms. The summed E-state index contributed by atoms with van der Waals surface area (Å²) in [5.74, 6) is -1.24. The number of aliphatic hydroxyl groups excluding tert-OH is 1. The van der Waals surface area contributed by atoms with Crippen molar-refractivity contribution in [3.05, 3.63) is 55.1 Å². The molecule has 0 aliphatic heterocycles. The third kappa shape index (κ3) is 9.72. The molecule has 7 nitrogen and oxygen atoms in total. The van der Waals surface area contributed by atoms with Crippen molar-refractivity contribution in [2.45, 2.75) is 12.5 Å². The fourth-order valence-electron chi connectivity index (χ4n) is 1.52. The number of carbonyl (C=O) groups is 3. The van der Waals surface area contributed by atoms with Crippen molar-refractivity contribution >= 4 is 17.7 Å². The molecule has 0 spiro atoms. The van der Waals surface area contributed by atoms with Crippen molar-refractivity contribution < 1.29 is 33.7 Å². The number of hydrogen-bond donors (Lipinski definition) is 1. The number of hydrogen-bond acceptors (Lipinski definition) is 7. The smallest absolute Gasteiger partial charge is 0.331 e. The van der Waals surface area contributed by atoms with Crippen molar-refractivity contribution in [3.63, 3.8) is 0 Å². The van der Waals surface area contributed by atoms with Gasteiger partial charge in [-0.2, -0.15) is 0 Å². The van der Waals surface area contributed by atoms with Gasteiger partial charge < -0.3 is 19.3 Å². The summed E-state index contributed by atoms with van der Waals surface area (Å²) >= 11 is 0. The number of allylic oxidation sites excluding steroid dienone is 1. The van der Waals surface area contributed by atoms with Gasteiger partial charge in [0.1, 0.15) is 25.1 Å². The second kappa shape index (κ2) is 11.6. The highest BCUT2D eigenvalue weighted by molar-refractivity contribution is 5.92. The Morgan fingerprint density at radius 2 is 1.68 bits per heavy atom. The lowest BCUT2D eigenvalue weighted by atomic mass is 10.3. The van der Waals surface area contributed by atoms with Crippen LogP contribution >= 0.6 is 0 Å². The average Bonchev–Trinajstić information content (AvgIpc) is 2.63. The number of benzene rings is 1. The SMILES string of the molecule is C=CC(=O)CCOC(=O)/C=C/C(=O)OCC(O)COc1ccccc1. The first-order chi connectivity index (χ1) is 12.0. The Morgan fingerprint density at radius 1 is 1.04 bits per heavy atom. The van der Waals surface area contributed by atoms with Gasteiger partial charge in [-0.15, -0.1) is 0 Å². The minimum absolute atomic E-state index is 0.0289. The van der Waals surface area contributed by atoms with E-state index in [0.717, 1.165) is 18.2 Å². The summed E-state index contributed by atoms with van der Waals surface area (Å²) in [6.07, 6.45) is 1.92. The van der Waals surface area contributed by atoms with Crippen molar-refractivity contribution in [1.82, 2.24) is 0 Å². The standard InChI is InChI=1S/C18H20O7/c1-2-14(19)10-11-23-17(21)8-9-18(22)25-13-15(20)12-24-16-6-4-3-5-7-16/h2-9,15,20H,1,10-13H2/b9-8+. The normalized spacial score (nSPS) is 11.6. The Bertz CT molecular complexity index is 607. The van der Waals surface area contributed by atoms with Gasteiger partial charge in [-0.1, -0.05) is 24.8 Å². The lowest BCUT2D eigenvalue weighted by Crippen LogP contribution is -2.24. The number of rotatable bonds is 11. The van der Waals surface area contributed by atoms with Crippen LogP contribution in [0.25, 0.3) is 0 Å². The maximum atomic E-state index is 11.4. The molecule has 1 unspecified atom stereocenters. The van der Waals surface area contributed by atoms with E-state index in [1.165, 1.54) is 0 Å². The van der Waals surface area contributed by atoms with Crippen molar-refractivity contribution in [3.8, 4) is 5.75 Å². The number of ketones is 1. The van der Waals surface area contributed by atoms with Crippen LogP contribution < -0.4 is 4.74 Å². The average molecular weight is 348 g/mol. The topological polar surface area (TPSA) is 99.1 Å². The lowest BCUT2D eigenvalue weighted by Gasteiger charge is -2.12. The molecule has 0 aliphatic carbocycles. The third-order valence-corrected chi connectivity index (χ3v) is 2.78. The second-order valence-corrected chi connectivity index (χ2v) is 4.83. The van der Waals surface area contributed by atoms with Gasteiger partial charge >= 0.3 is 11.9 Å². The Balaban J connectivity index is 2.19. The van der Waals surface area contributed by atoms with E-state index in [2.05, 4.69) is 6.58 Å². The van der Waals surface area contributed by atoms with E-state index in [4.69, 9.17) is 14.2 Å². The highest BCUT2D eigenvalue weighted by atomic mass is 16.5. The Morgan fingerprint density at radius 3 is 2.32 bits per heavy atom. The van der Waals surface area contributed by atoms with Crippen LogP contribution in [0.5, 0.6) is 5.75 Å². The molecule has 1 aromatic carbocycles. The van der Waals surface area contributed by atoms with E-state index >= 15 is 0 Å². The molecule has 134 valence electrons. The number of carbonyl (C=O) groups excluding carboxylic acids is 3. The number of esters is 2. The molecular weight excluding hydrogens is 328 g/mol. The first kappa shape index (κ1) is 20.1. The predicted octanol–water partition coefficient (Wildman–Crippen LogP) is 1.21. The Kier molecular flexibility index (Phi) is 9.32. The van der Waals surface area contributed by atoms with Crippen LogP contribution in [-0.2, 0) is 23.9 Å². The molecule has 0 fully saturated rings. The molecule has 0 bridgehead atoms. The third-order valence-electron chi connectivity index (χ3n) is 2.78. The van der Waals surface area contributed by atoms with Gasteiger partial charge in [0.2, 0.25) is 0 Å². The van der Waals surface area contributed by atoms with Gasteiger partial charge in [-0.3, -0.25) is 4.79 Å². The molecule has 1 atom stereocenters. The maximum absolute atomic E-state index is 11.4.